The molecular formula is C14H18N2O2S2. The lowest BCUT2D eigenvalue weighted by Gasteiger charge is -2.07. The average Bonchev–Trinajstić information content (AvgIpc) is 2.87. The van der Waals surface area contributed by atoms with E-state index in [1.165, 1.54) is 4.88 Å². The number of para-hydroxylation sites is 1. The Bertz CT molecular complexity index is 678. The minimum Gasteiger partial charge on any atom is -0.398 e. The summed E-state index contributed by atoms with van der Waals surface area (Å²) in [5, 5.41) is 0. The van der Waals surface area contributed by atoms with E-state index >= 15 is 0 Å². The molecule has 108 valence electrons. The normalized spacial score (nSPS) is 11.7. The van der Waals surface area contributed by atoms with Gasteiger partial charge in [0, 0.05) is 22.0 Å². The highest BCUT2D eigenvalue weighted by Gasteiger charge is 2.13. The molecule has 0 amide bonds. The van der Waals surface area contributed by atoms with Gasteiger partial charge in [0.2, 0.25) is 10.0 Å². The van der Waals surface area contributed by atoms with Gasteiger partial charge in [0.15, 0.2) is 0 Å². The Labute approximate surface area is 123 Å². The predicted octanol–water partition coefficient (Wildman–Crippen LogP) is 2.51. The molecule has 0 saturated carbocycles. The van der Waals surface area contributed by atoms with Gasteiger partial charge in [0.05, 0.1) is 5.75 Å². The Balaban J connectivity index is 1.99. The van der Waals surface area contributed by atoms with Crippen molar-refractivity contribution in [3.8, 4) is 0 Å². The topological polar surface area (TPSA) is 72.2 Å². The summed E-state index contributed by atoms with van der Waals surface area (Å²) in [5.74, 6) is -0.0916. The zero-order valence-corrected chi connectivity index (χ0v) is 12.9. The van der Waals surface area contributed by atoms with Crippen LogP contribution in [0.2, 0.25) is 0 Å². The van der Waals surface area contributed by atoms with Crippen LogP contribution in [0.3, 0.4) is 0 Å². The second-order valence-electron chi connectivity index (χ2n) is 4.50. The van der Waals surface area contributed by atoms with Gasteiger partial charge in [-0.2, -0.15) is 0 Å². The number of aryl methyl sites for hydroxylation is 1. The van der Waals surface area contributed by atoms with Crippen molar-refractivity contribution in [3.05, 3.63) is 51.7 Å². The number of rotatable bonds is 6. The maximum atomic E-state index is 12.0. The molecule has 0 aliphatic rings. The van der Waals surface area contributed by atoms with E-state index in [0.717, 1.165) is 11.3 Å². The SMILES string of the molecule is CCc1ccc(CNS(=O)(=O)Cc2ccccc2N)s1. The van der Waals surface area contributed by atoms with Gasteiger partial charge in [0.25, 0.3) is 0 Å². The molecule has 0 radical (unpaired) electrons. The van der Waals surface area contributed by atoms with Crippen molar-refractivity contribution in [1.29, 1.82) is 0 Å². The second-order valence-corrected chi connectivity index (χ2v) is 7.56. The van der Waals surface area contributed by atoms with Crippen LogP contribution in [0.5, 0.6) is 0 Å². The number of nitrogen functional groups attached to an aromatic ring is 1. The lowest BCUT2D eigenvalue weighted by molar-refractivity contribution is 0.581. The fraction of sp³-hybridized carbons (Fsp3) is 0.286. The van der Waals surface area contributed by atoms with Crippen LogP contribution >= 0.6 is 11.3 Å². The van der Waals surface area contributed by atoms with Crippen LogP contribution in [0.4, 0.5) is 5.69 Å². The first kappa shape index (κ1) is 15.0. The predicted molar refractivity (Wildman–Crippen MR) is 84.0 cm³/mol. The standard InChI is InChI=1S/C14H18N2O2S2/c1-2-12-7-8-13(19-12)9-16-20(17,18)10-11-5-3-4-6-14(11)15/h3-8,16H,2,9-10,15H2,1H3. The van der Waals surface area contributed by atoms with Gasteiger partial charge in [-0.15, -0.1) is 11.3 Å². The van der Waals surface area contributed by atoms with E-state index in [-0.39, 0.29) is 5.75 Å². The number of hydrogen-bond acceptors (Lipinski definition) is 4. The number of thiophene rings is 1. The Morgan fingerprint density at radius 2 is 1.85 bits per heavy atom. The molecule has 0 spiro atoms. The summed E-state index contributed by atoms with van der Waals surface area (Å²) in [5.41, 5.74) is 6.89. The number of nitrogens with two attached hydrogens (primary N) is 1. The molecular weight excluding hydrogens is 292 g/mol. The smallest absolute Gasteiger partial charge is 0.216 e. The summed E-state index contributed by atoms with van der Waals surface area (Å²) in [7, 11) is -3.38. The van der Waals surface area contributed by atoms with Crippen LogP contribution < -0.4 is 10.5 Å². The van der Waals surface area contributed by atoms with Gasteiger partial charge in [-0.05, 0) is 30.2 Å². The van der Waals surface area contributed by atoms with Gasteiger partial charge in [0.1, 0.15) is 0 Å². The number of nitrogens with one attached hydrogen (secondary N) is 1. The summed E-state index contributed by atoms with van der Waals surface area (Å²) in [4.78, 5) is 2.28. The van der Waals surface area contributed by atoms with E-state index in [9.17, 15) is 8.42 Å². The molecule has 2 aromatic rings. The maximum Gasteiger partial charge on any atom is 0.216 e. The summed E-state index contributed by atoms with van der Waals surface area (Å²) in [6.07, 6.45) is 0.970. The molecule has 0 aliphatic heterocycles. The Morgan fingerprint density at radius 3 is 2.50 bits per heavy atom. The van der Waals surface area contributed by atoms with Crippen LogP contribution in [0.1, 0.15) is 22.2 Å². The second kappa shape index (κ2) is 6.39. The first-order chi connectivity index (χ1) is 9.50. The number of benzene rings is 1. The van der Waals surface area contributed by atoms with Crippen molar-refractivity contribution in [2.75, 3.05) is 5.73 Å². The largest absolute Gasteiger partial charge is 0.398 e. The van der Waals surface area contributed by atoms with Crippen LogP contribution in [-0.2, 0) is 28.7 Å². The molecule has 0 atom stereocenters. The number of sulfonamides is 1. The maximum absolute atomic E-state index is 12.0. The van der Waals surface area contributed by atoms with Gasteiger partial charge in [-0.1, -0.05) is 25.1 Å². The third-order valence-corrected chi connectivity index (χ3v) is 5.44. The van der Waals surface area contributed by atoms with E-state index in [1.807, 2.05) is 12.1 Å². The van der Waals surface area contributed by atoms with E-state index in [2.05, 4.69) is 11.6 Å². The Kier molecular flexibility index (Phi) is 4.80. The molecule has 4 nitrogen and oxygen atoms in total. The van der Waals surface area contributed by atoms with Crippen molar-refractivity contribution in [3.63, 3.8) is 0 Å². The molecule has 0 saturated heterocycles. The van der Waals surface area contributed by atoms with E-state index in [1.54, 1.807) is 35.6 Å². The summed E-state index contributed by atoms with van der Waals surface area (Å²) in [6.45, 7) is 2.41. The molecule has 1 heterocycles. The monoisotopic (exact) mass is 310 g/mol. The fourth-order valence-electron chi connectivity index (χ4n) is 1.81. The lowest BCUT2D eigenvalue weighted by atomic mass is 10.2. The van der Waals surface area contributed by atoms with Crippen molar-refractivity contribution < 1.29 is 8.42 Å². The van der Waals surface area contributed by atoms with Crippen LogP contribution in [-0.4, -0.2) is 8.42 Å². The van der Waals surface area contributed by atoms with Crippen LogP contribution in [0.15, 0.2) is 36.4 Å². The first-order valence-electron chi connectivity index (χ1n) is 6.38. The van der Waals surface area contributed by atoms with Crippen molar-refractivity contribution in [1.82, 2.24) is 4.72 Å². The summed E-state index contributed by atoms with van der Waals surface area (Å²) in [6, 6.07) is 11.0. The van der Waals surface area contributed by atoms with Gasteiger partial charge in [-0.3, -0.25) is 0 Å². The fourth-order valence-corrected chi connectivity index (χ4v) is 3.95. The Hall–Kier alpha value is -1.37. The zero-order chi connectivity index (χ0) is 14.6. The molecule has 0 fully saturated rings. The molecule has 1 aromatic heterocycles. The molecule has 0 bridgehead atoms. The van der Waals surface area contributed by atoms with Gasteiger partial charge in [-0.25, -0.2) is 13.1 Å². The third kappa shape index (κ3) is 4.06. The summed E-state index contributed by atoms with van der Waals surface area (Å²) >= 11 is 1.63. The molecule has 1 aromatic carbocycles. The highest BCUT2D eigenvalue weighted by atomic mass is 32.2. The van der Waals surface area contributed by atoms with Gasteiger partial charge >= 0.3 is 0 Å². The highest BCUT2D eigenvalue weighted by Crippen LogP contribution is 2.18. The van der Waals surface area contributed by atoms with Gasteiger partial charge < -0.3 is 5.73 Å². The van der Waals surface area contributed by atoms with Crippen molar-refractivity contribution in [2.24, 2.45) is 0 Å². The molecule has 2 rings (SSSR count). The highest BCUT2D eigenvalue weighted by molar-refractivity contribution is 7.88. The van der Waals surface area contributed by atoms with E-state index in [0.29, 0.717) is 17.8 Å². The first-order valence-corrected chi connectivity index (χ1v) is 8.85. The number of anilines is 1. The quantitative estimate of drug-likeness (QED) is 0.805. The molecule has 3 N–H and O–H groups in total. The molecule has 20 heavy (non-hydrogen) atoms. The molecule has 6 heteroatoms. The van der Waals surface area contributed by atoms with Crippen LogP contribution in [0, 0.1) is 0 Å². The van der Waals surface area contributed by atoms with Crippen molar-refractivity contribution in [2.45, 2.75) is 25.6 Å². The average molecular weight is 310 g/mol. The zero-order valence-electron chi connectivity index (χ0n) is 11.3. The van der Waals surface area contributed by atoms with Crippen molar-refractivity contribution >= 4 is 27.0 Å². The Morgan fingerprint density at radius 1 is 1.15 bits per heavy atom. The molecule has 0 aliphatic carbocycles. The van der Waals surface area contributed by atoms with E-state index < -0.39 is 10.0 Å². The minimum absolute atomic E-state index is 0.0916. The third-order valence-electron chi connectivity index (χ3n) is 2.93. The lowest BCUT2D eigenvalue weighted by Crippen LogP contribution is -2.24. The molecule has 0 unspecified atom stereocenters. The van der Waals surface area contributed by atoms with Crippen LogP contribution in [0.25, 0.3) is 0 Å². The summed E-state index contributed by atoms with van der Waals surface area (Å²) < 4.78 is 26.7. The minimum atomic E-state index is -3.38. The number of hydrogen-bond donors (Lipinski definition) is 2. The van der Waals surface area contributed by atoms with E-state index in [4.69, 9.17) is 5.73 Å².